The summed E-state index contributed by atoms with van der Waals surface area (Å²) in [6.45, 7) is 0. The summed E-state index contributed by atoms with van der Waals surface area (Å²) in [6, 6.07) is 7.62. The van der Waals surface area contributed by atoms with E-state index in [-0.39, 0.29) is 0 Å². The normalized spacial score (nSPS) is 13.4. The summed E-state index contributed by atoms with van der Waals surface area (Å²) < 4.78 is 25.9. The van der Waals surface area contributed by atoms with Gasteiger partial charge in [0, 0.05) is 0 Å². The molecule has 2 rings (SSSR count). The van der Waals surface area contributed by atoms with Gasteiger partial charge in [-0.15, -0.1) is 0 Å². The van der Waals surface area contributed by atoms with Crippen molar-refractivity contribution in [2.75, 3.05) is 0 Å². The van der Waals surface area contributed by atoms with Crippen molar-refractivity contribution in [2.45, 2.75) is 0 Å². The Balaban J connectivity index is 2.92. The maximum atomic E-state index is 11.1. The molecule has 0 amide bonds. The summed E-state index contributed by atoms with van der Waals surface area (Å²) in [5, 5.41) is 0. The second-order valence-corrected chi connectivity index (χ2v) is 4.88. The number of para-hydroxylation sites is 2. The number of benzene rings is 1. The first-order chi connectivity index (χ1) is 6.63. The topological polar surface area (TPSA) is 48.9 Å². The molecule has 0 radical (unpaired) electrons. The van der Waals surface area contributed by atoms with E-state index in [4.69, 9.17) is 0 Å². The first-order valence-corrected chi connectivity index (χ1v) is 6.41. The van der Waals surface area contributed by atoms with E-state index in [1.165, 1.54) is 0 Å². The summed E-state index contributed by atoms with van der Waals surface area (Å²) in [5.41, 5.74) is 1.87. The average molecular weight is 257 g/mol. The molecule has 1 unspecified atom stereocenters. The predicted molar refractivity (Wildman–Crippen MR) is 50.2 cm³/mol. The molecule has 0 saturated carbocycles. The van der Waals surface area contributed by atoms with Gasteiger partial charge in [0.05, 0.1) is 0 Å². The van der Waals surface area contributed by atoms with Crippen molar-refractivity contribution in [2.24, 2.45) is 14.1 Å². The van der Waals surface area contributed by atoms with E-state index in [1.807, 2.05) is 24.3 Å². The van der Waals surface area contributed by atoms with Gasteiger partial charge in [-0.2, -0.15) is 0 Å². The summed E-state index contributed by atoms with van der Waals surface area (Å²) in [6.07, 6.45) is 0. The summed E-state index contributed by atoms with van der Waals surface area (Å²) in [5.74, 6) is 0. The van der Waals surface area contributed by atoms with Gasteiger partial charge in [-0.1, -0.05) is 0 Å². The Morgan fingerprint density at radius 1 is 1.43 bits per heavy atom. The number of fused-ring (bicyclic) bond motifs is 1. The molecule has 0 fully saturated rings. The minimum atomic E-state index is -3.13. The fourth-order valence-electron chi connectivity index (χ4n) is 1.69. The van der Waals surface area contributed by atoms with E-state index in [2.05, 4.69) is 0 Å². The summed E-state index contributed by atoms with van der Waals surface area (Å²) in [7, 11) is 3.54. The Morgan fingerprint density at radius 2 is 2.07 bits per heavy atom. The average Bonchev–Trinajstić information content (AvgIpc) is 2.41. The van der Waals surface area contributed by atoms with Gasteiger partial charge < -0.3 is 0 Å². The van der Waals surface area contributed by atoms with Crippen LogP contribution in [0.2, 0.25) is 0 Å². The maximum absolute atomic E-state index is 11.1. The molecule has 0 spiro atoms. The Morgan fingerprint density at radius 3 is 2.64 bits per heavy atom. The minimum absolute atomic E-state index is 0.381. The van der Waals surface area contributed by atoms with E-state index in [9.17, 15) is 8.02 Å². The van der Waals surface area contributed by atoms with Gasteiger partial charge in [0.1, 0.15) is 0 Å². The van der Waals surface area contributed by atoms with Gasteiger partial charge in [0.25, 0.3) is 0 Å². The second kappa shape index (κ2) is 3.28. The molecule has 5 heteroatoms. The summed E-state index contributed by atoms with van der Waals surface area (Å²) in [4.78, 5) is 0. The van der Waals surface area contributed by atoms with Crippen LogP contribution in [0.1, 0.15) is 0 Å². The standard InChI is InChI=1S/C9H10N2O2Se/c1-10-7-5-3-4-6-8(7)11(2)9(10)14(12)13/h3-6H,1-2H3. The molecule has 74 valence electrons. The molecule has 14 heavy (non-hydrogen) atoms. The van der Waals surface area contributed by atoms with Crippen LogP contribution in [0.15, 0.2) is 24.3 Å². The predicted octanol–water partition coefficient (Wildman–Crippen LogP) is -1.51. The third kappa shape index (κ3) is 1.21. The Labute approximate surface area is 85.8 Å². The van der Waals surface area contributed by atoms with Gasteiger partial charge in [-0.25, -0.2) is 0 Å². The molecule has 4 nitrogen and oxygen atoms in total. The van der Waals surface area contributed by atoms with Gasteiger partial charge in [0.15, 0.2) is 0 Å². The third-order valence-electron chi connectivity index (χ3n) is 2.33. The number of aromatic nitrogens is 2. The molecule has 0 aliphatic heterocycles. The van der Waals surface area contributed by atoms with E-state index in [0.717, 1.165) is 11.0 Å². The fraction of sp³-hybridized carbons (Fsp3) is 0.222. The van der Waals surface area contributed by atoms with E-state index >= 15 is 0 Å². The summed E-state index contributed by atoms with van der Waals surface area (Å²) >= 11 is -3.13. The number of hydrogen-bond acceptors (Lipinski definition) is 2. The quantitative estimate of drug-likeness (QED) is 0.460. The van der Waals surface area contributed by atoms with Gasteiger partial charge in [-0.05, 0) is 0 Å². The van der Waals surface area contributed by atoms with Crippen LogP contribution in [0.3, 0.4) is 0 Å². The molecular weight excluding hydrogens is 247 g/mol. The molecular formula is C9H10N2O2Se. The van der Waals surface area contributed by atoms with Crippen LogP contribution >= 0.6 is 0 Å². The molecule has 0 aliphatic carbocycles. The Bertz CT molecular complexity index is 480. The fourth-order valence-corrected chi connectivity index (χ4v) is 3.04. The van der Waals surface area contributed by atoms with Crippen LogP contribution in [0.5, 0.6) is 0 Å². The molecule has 0 saturated heterocycles. The van der Waals surface area contributed by atoms with Crippen molar-refractivity contribution < 1.29 is 12.6 Å². The first kappa shape index (κ1) is 9.52. The number of imidazole rings is 1. The van der Waals surface area contributed by atoms with Crippen molar-refractivity contribution in [1.82, 2.24) is 4.57 Å². The van der Waals surface area contributed by atoms with Crippen LogP contribution in [0, 0.1) is 0 Å². The van der Waals surface area contributed by atoms with E-state index < -0.39 is 14.2 Å². The number of rotatable bonds is 1. The van der Waals surface area contributed by atoms with Crippen molar-refractivity contribution in [1.29, 1.82) is 0 Å². The molecule has 0 bridgehead atoms. The molecule has 1 heterocycles. The second-order valence-electron chi connectivity index (χ2n) is 3.12. The molecule has 1 aromatic carbocycles. The van der Waals surface area contributed by atoms with Crippen molar-refractivity contribution in [3.8, 4) is 0 Å². The molecule has 0 N–H and O–H groups in total. The van der Waals surface area contributed by atoms with Gasteiger partial charge in [-0.3, -0.25) is 0 Å². The zero-order valence-corrected chi connectivity index (χ0v) is 9.64. The van der Waals surface area contributed by atoms with Crippen LogP contribution < -0.4 is 13.5 Å². The van der Waals surface area contributed by atoms with Crippen LogP contribution in [0.25, 0.3) is 11.0 Å². The Kier molecular flexibility index (Phi) is 2.23. The van der Waals surface area contributed by atoms with Gasteiger partial charge >= 0.3 is 85.4 Å². The SMILES string of the molecule is Cn1c([Se](=O)[O-])[n+](C)c2ccccc21. The van der Waals surface area contributed by atoms with Crippen LogP contribution in [0.4, 0.5) is 0 Å². The third-order valence-corrected chi connectivity index (χ3v) is 4.10. The monoisotopic (exact) mass is 258 g/mol. The van der Waals surface area contributed by atoms with Crippen molar-refractivity contribution in [3.05, 3.63) is 24.3 Å². The molecule has 1 atom stereocenters. The molecule has 0 aliphatic rings. The van der Waals surface area contributed by atoms with Crippen LogP contribution in [-0.4, -0.2) is 18.7 Å². The molecule has 2 aromatic rings. The van der Waals surface area contributed by atoms with Gasteiger partial charge in [0.2, 0.25) is 0 Å². The van der Waals surface area contributed by atoms with E-state index in [0.29, 0.717) is 4.72 Å². The molecule has 1 aromatic heterocycles. The van der Waals surface area contributed by atoms with Crippen LogP contribution in [-0.2, 0) is 17.9 Å². The number of hydrogen-bond donors (Lipinski definition) is 0. The number of aryl methyl sites for hydroxylation is 2. The van der Waals surface area contributed by atoms with Crippen molar-refractivity contribution in [3.63, 3.8) is 0 Å². The van der Waals surface area contributed by atoms with E-state index in [1.54, 1.807) is 23.2 Å². The Hall–Kier alpha value is -1.03. The zero-order chi connectivity index (χ0) is 10.3. The van der Waals surface area contributed by atoms with Crippen molar-refractivity contribution >= 4 is 29.9 Å². The number of nitrogens with zero attached hydrogens (tertiary/aromatic N) is 2. The zero-order valence-electron chi connectivity index (χ0n) is 7.93. The first-order valence-electron chi connectivity index (χ1n) is 4.15.